The fraction of sp³-hybridized carbons (Fsp3) is 0.700. The lowest BCUT2D eigenvalue weighted by Gasteiger charge is -2.25. The fourth-order valence-corrected chi connectivity index (χ4v) is 2.12. The summed E-state index contributed by atoms with van der Waals surface area (Å²) >= 11 is 1.23. The molecule has 0 atom stereocenters. The molecule has 0 unspecified atom stereocenters. The summed E-state index contributed by atoms with van der Waals surface area (Å²) in [6.07, 6.45) is 2.39. The van der Waals surface area contributed by atoms with E-state index in [1.807, 2.05) is 0 Å². The summed E-state index contributed by atoms with van der Waals surface area (Å²) in [5.41, 5.74) is 0. The van der Waals surface area contributed by atoms with Crippen molar-refractivity contribution in [1.29, 1.82) is 0 Å². The molecule has 1 aromatic rings. The molecule has 1 saturated heterocycles. The Morgan fingerprint density at radius 1 is 1.53 bits per heavy atom. The Morgan fingerprint density at radius 3 is 3.00 bits per heavy atom. The summed E-state index contributed by atoms with van der Waals surface area (Å²) in [5.74, 6) is 1.19. The van der Waals surface area contributed by atoms with Gasteiger partial charge in [0.25, 0.3) is 5.91 Å². The smallest absolute Gasteiger partial charge is 0.252 e. The Hall–Kier alpha value is -1.05. The number of hydrogen-bond acceptors (Lipinski definition) is 6. The van der Waals surface area contributed by atoms with E-state index in [0.29, 0.717) is 24.3 Å². The number of aromatic nitrogens is 2. The number of carbonyl (C=O) groups is 1. The number of amides is 1. The van der Waals surface area contributed by atoms with Crippen LogP contribution in [-0.4, -0.2) is 41.2 Å². The van der Waals surface area contributed by atoms with Gasteiger partial charge in [-0.15, -0.1) is 0 Å². The van der Waals surface area contributed by atoms with Crippen LogP contribution in [-0.2, 0) is 14.3 Å². The van der Waals surface area contributed by atoms with E-state index in [2.05, 4.69) is 14.7 Å². The van der Waals surface area contributed by atoms with Gasteiger partial charge in [-0.3, -0.25) is 10.1 Å². The predicted molar refractivity (Wildman–Crippen MR) is 61.1 cm³/mol. The van der Waals surface area contributed by atoms with Gasteiger partial charge in [-0.25, -0.2) is 4.98 Å². The van der Waals surface area contributed by atoms with Gasteiger partial charge >= 0.3 is 0 Å². The number of anilines is 1. The molecule has 0 spiro atoms. The van der Waals surface area contributed by atoms with Gasteiger partial charge in [-0.05, 0) is 12.8 Å². The van der Waals surface area contributed by atoms with Crippen molar-refractivity contribution in [1.82, 2.24) is 9.36 Å². The lowest BCUT2D eigenvalue weighted by molar-refractivity contribution is -0.144. The number of hydrogen-bond donors (Lipinski definition) is 1. The Labute approximate surface area is 102 Å². The second kappa shape index (κ2) is 4.67. The van der Waals surface area contributed by atoms with Crippen LogP contribution >= 0.6 is 11.5 Å². The molecule has 1 aliphatic carbocycles. The Bertz CT molecular complexity index is 415. The van der Waals surface area contributed by atoms with Crippen LogP contribution in [0.3, 0.4) is 0 Å². The highest BCUT2D eigenvalue weighted by atomic mass is 32.1. The molecule has 6 nitrogen and oxygen atoms in total. The van der Waals surface area contributed by atoms with Crippen LogP contribution < -0.4 is 5.32 Å². The highest BCUT2D eigenvalue weighted by molar-refractivity contribution is 7.09. The zero-order valence-electron chi connectivity index (χ0n) is 9.22. The number of ether oxygens (including phenoxy) is 2. The minimum Gasteiger partial charge on any atom is -0.376 e. The lowest BCUT2D eigenvalue weighted by Crippen LogP contribution is -2.38. The van der Waals surface area contributed by atoms with Crippen LogP contribution in [0.1, 0.15) is 24.6 Å². The van der Waals surface area contributed by atoms with Crippen molar-refractivity contribution < 1.29 is 14.3 Å². The number of nitrogens with zero attached hydrogens (tertiary/aromatic N) is 2. The average molecular weight is 255 g/mol. The Morgan fingerprint density at radius 2 is 2.35 bits per heavy atom. The van der Waals surface area contributed by atoms with Crippen LogP contribution in [0.4, 0.5) is 5.13 Å². The molecule has 2 aliphatic rings. The molecular formula is C10H13N3O3S. The number of nitrogens with one attached hydrogen (secondary N) is 1. The largest absolute Gasteiger partial charge is 0.376 e. The number of rotatable bonds is 5. The van der Waals surface area contributed by atoms with Crippen LogP contribution in [0.2, 0.25) is 0 Å². The summed E-state index contributed by atoms with van der Waals surface area (Å²) < 4.78 is 14.5. The summed E-state index contributed by atoms with van der Waals surface area (Å²) in [7, 11) is 0. The van der Waals surface area contributed by atoms with Crippen molar-refractivity contribution in [2.45, 2.75) is 24.9 Å². The van der Waals surface area contributed by atoms with E-state index in [0.717, 1.165) is 18.7 Å². The molecule has 17 heavy (non-hydrogen) atoms. The maximum atomic E-state index is 11.5. The van der Waals surface area contributed by atoms with E-state index >= 15 is 0 Å². The first-order chi connectivity index (χ1) is 8.31. The fourth-order valence-electron chi connectivity index (χ4n) is 1.45. The molecule has 7 heteroatoms. The normalized spacial score (nSPS) is 20.0. The zero-order valence-corrected chi connectivity index (χ0v) is 10.0. The van der Waals surface area contributed by atoms with E-state index < -0.39 is 0 Å². The van der Waals surface area contributed by atoms with Gasteiger partial charge in [0.15, 0.2) is 0 Å². The zero-order chi connectivity index (χ0) is 11.7. The summed E-state index contributed by atoms with van der Waals surface area (Å²) in [4.78, 5) is 15.8. The van der Waals surface area contributed by atoms with E-state index in [1.165, 1.54) is 11.5 Å². The first kappa shape index (κ1) is 11.1. The van der Waals surface area contributed by atoms with Crippen molar-refractivity contribution >= 4 is 22.6 Å². The molecule has 0 radical (unpaired) electrons. The average Bonchev–Trinajstić information content (AvgIpc) is 2.98. The molecule has 1 saturated carbocycles. The third-order valence-corrected chi connectivity index (χ3v) is 3.33. The Balaban J connectivity index is 1.45. The summed E-state index contributed by atoms with van der Waals surface area (Å²) in [6.45, 7) is 1.21. The van der Waals surface area contributed by atoms with Gasteiger partial charge < -0.3 is 9.47 Å². The molecule has 2 heterocycles. The van der Waals surface area contributed by atoms with Gasteiger partial charge in [0, 0.05) is 17.5 Å². The van der Waals surface area contributed by atoms with Crippen LogP contribution in [0.25, 0.3) is 0 Å². The van der Waals surface area contributed by atoms with Gasteiger partial charge in [0.05, 0.1) is 13.2 Å². The van der Waals surface area contributed by atoms with Crippen molar-refractivity contribution in [2.75, 3.05) is 25.1 Å². The van der Waals surface area contributed by atoms with Crippen molar-refractivity contribution in [3.05, 3.63) is 5.82 Å². The molecule has 2 fully saturated rings. The highest BCUT2D eigenvalue weighted by Gasteiger charge is 2.28. The SMILES string of the molecule is O=C(COC1COC1)Nc1nc(C2CC2)ns1. The maximum absolute atomic E-state index is 11.5. The van der Waals surface area contributed by atoms with E-state index in [-0.39, 0.29) is 18.6 Å². The van der Waals surface area contributed by atoms with E-state index in [4.69, 9.17) is 9.47 Å². The van der Waals surface area contributed by atoms with Gasteiger partial charge in [0.1, 0.15) is 18.5 Å². The molecule has 1 aliphatic heterocycles. The number of carbonyl (C=O) groups excluding carboxylic acids is 1. The van der Waals surface area contributed by atoms with Gasteiger partial charge in [-0.2, -0.15) is 4.37 Å². The monoisotopic (exact) mass is 255 g/mol. The molecule has 0 bridgehead atoms. The van der Waals surface area contributed by atoms with Crippen LogP contribution in [0, 0.1) is 0 Å². The van der Waals surface area contributed by atoms with Crippen LogP contribution in [0.5, 0.6) is 0 Å². The third kappa shape index (κ3) is 2.80. The van der Waals surface area contributed by atoms with Crippen molar-refractivity contribution in [2.24, 2.45) is 0 Å². The minimum absolute atomic E-state index is 0.0480. The van der Waals surface area contributed by atoms with Crippen LogP contribution in [0.15, 0.2) is 0 Å². The first-order valence-electron chi connectivity index (χ1n) is 5.64. The standard InChI is InChI=1S/C10H13N3O3S/c14-8(5-16-7-3-15-4-7)11-10-12-9(13-17-10)6-1-2-6/h6-7H,1-5H2,(H,11,12,13,14). The van der Waals surface area contributed by atoms with E-state index in [1.54, 1.807) is 0 Å². The third-order valence-electron chi connectivity index (χ3n) is 2.69. The molecular weight excluding hydrogens is 242 g/mol. The van der Waals surface area contributed by atoms with Gasteiger partial charge in [-0.1, -0.05) is 0 Å². The predicted octanol–water partition coefficient (Wildman–Crippen LogP) is 0.769. The molecule has 3 rings (SSSR count). The maximum Gasteiger partial charge on any atom is 0.252 e. The summed E-state index contributed by atoms with van der Waals surface area (Å²) in [6, 6.07) is 0. The second-order valence-corrected chi connectivity index (χ2v) is 5.00. The lowest BCUT2D eigenvalue weighted by atomic mass is 10.3. The molecule has 1 N–H and O–H groups in total. The highest BCUT2D eigenvalue weighted by Crippen LogP contribution is 2.39. The molecule has 0 aromatic carbocycles. The molecule has 1 aromatic heterocycles. The van der Waals surface area contributed by atoms with Gasteiger partial charge in [0.2, 0.25) is 5.13 Å². The topological polar surface area (TPSA) is 73.3 Å². The first-order valence-corrected chi connectivity index (χ1v) is 6.41. The molecule has 1 amide bonds. The quantitative estimate of drug-likeness (QED) is 0.841. The Kier molecular flexibility index (Phi) is 3.04. The van der Waals surface area contributed by atoms with E-state index in [9.17, 15) is 4.79 Å². The molecule has 92 valence electrons. The minimum atomic E-state index is -0.185. The summed E-state index contributed by atoms with van der Waals surface area (Å²) in [5, 5.41) is 3.25. The second-order valence-electron chi connectivity index (χ2n) is 4.25. The van der Waals surface area contributed by atoms with Crippen molar-refractivity contribution in [3.63, 3.8) is 0 Å². The van der Waals surface area contributed by atoms with Crippen molar-refractivity contribution in [3.8, 4) is 0 Å².